The van der Waals surface area contributed by atoms with E-state index in [0.717, 1.165) is 23.2 Å². The molecule has 2 aromatic carbocycles. The van der Waals surface area contributed by atoms with Crippen molar-refractivity contribution in [2.75, 3.05) is 5.32 Å². The molecule has 0 aliphatic carbocycles. The molecule has 4 nitrogen and oxygen atoms in total. The number of hydrogen-bond donors (Lipinski definition) is 2. The lowest BCUT2D eigenvalue weighted by Crippen LogP contribution is -2.05. The van der Waals surface area contributed by atoms with Gasteiger partial charge in [-0.3, -0.25) is 0 Å². The van der Waals surface area contributed by atoms with Crippen molar-refractivity contribution < 1.29 is 13.2 Å². The fourth-order valence-electron chi connectivity index (χ4n) is 3.12. The van der Waals surface area contributed by atoms with E-state index in [0.29, 0.717) is 28.8 Å². The third kappa shape index (κ3) is 3.94. The molecule has 0 aliphatic rings. The van der Waals surface area contributed by atoms with Crippen LogP contribution >= 0.6 is 0 Å². The standard InChI is InChI=1S/C22H19F3N4/c1-13(2)14-5-3-6-15(11-14)20-28-18-9-10-26-21(19(18)29-20)27-17-8-4-7-16(12-17)22(23,24)25/h3-13H,1-2H3,(H,26,27)(H,28,29). The lowest BCUT2D eigenvalue weighted by atomic mass is 10.0. The third-order valence-electron chi connectivity index (χ3n) is 4.68. The summed E-state index contributed by atoms with van der Waals surface area (Å²) in [5.74, 6) is 1.46. The molecule has 0 amide bonds. The number of benzene rings is 2. The highest BCUT2D eigenvalue weighted by Crippen LogP contribution is 2.32. The summed E-state index contributed by atoms with van der Waals surface area (Å²) in [7, 11) is 0. The van der Waals surface area contributed by atoms with Crippen LogP contribution in [0.3, 0.4) is 0 Å². The molecule has 0 unspecified atom stereocenters. The molecule has 4 rings (SSSR count). The summed E-state index contributed by atoms with van der Waals surface area (Å²) in [6.07, 6.45) is -2.82. The van der Waals surface area contributed by atoms with E-state index >= 15 is 0 Å². The second-order valence-corrected chi connectivity index (χ2v) is 7.12. The van der Waals surface area contributed by atoms with Gasteiger partial charge in [0.05, 0.1) is 11.1 Å². The van der Waals surface area contributed by atoms with Gasteiger partial charge in [0.1, 0.15) is 11.3 Å². The number of anilines is 2. The highest BCUT2D eigenvalue weighted by Gasteiger charge is 2.30. The SMILES string of the molecule is CC(C)c1cccc(-c2nc3c(Nc4cccc(C(F)(F)F)c4)nccc3[nH]2)c1. The predicted octanol–water partition coefficient (Wildman–Crippen LogP) is 6.51. The number of nitrogens with zero attached hydrogens (tertiary/aromatic N) is 2. The molecule has 148 valence electrons. The zero-order valence-electron chi connectivity index (χ0n) is 15.9. The van der Waals surface area contributed by atoms with Crippen LogP contribution in [0.15, 0.2) is 60.8 Å². The third-order valence-corrected chi connectivity index (χ3v) is 4.68. The van der Waals surface area contributed by atoms with Gasteiger partial charge in [-0.2, -0.15) is 13.2 Å². The summed E-state index contributed by atoms with van der Waals surface area (Å²) in [5, 5.41) is 2.96. The fourth-order valence-corrected chi connectivity index (χ4v) is 3.12. The summed E-state index contributed by atoms with van der Waals surface area (Å²) in [6, 6.07) is 14.9. The second kappa shape index (κ2) is 7.24. The zero-order chi connectivity index (χ0) is 20.6. The number of H-pyrrole nitrogens is 1. The van der Waals surface area contributed by atoms with Gasteiger partial charge in [-0.05, 0) is 41.8 Å². The molecule has 2 heterocycles. The van der Waals surface area contributed by atoms with Crippen molar-refractivity contribution in [2.24, 2.45) is 0 Å². The number of pyridine rings is 1. The summed E-state index contributed by atoms with van der Waals surface area (Å²) in [4.78, 5) is 12.2. The first-order chi connectivity index (χ1) is 13.8. The van der Waals surface area contributed by atoms with Gasteiger partial charge in [0, 0.05) is 17.4 Å². The molecule has 0 saturated heterocycles. The number of rotatable bonds is 4. The number of nitrogens with one attached hydrogen (secondary N) is 2. The quantitative estimate of drug-likeness (QED) is 0.413. The van der Waals surface area contributed by atoms with Crippen LogP contribution < -0.4 is 5.32 Å². The normalized spacial score (nSPS) is 11.9. The van der Waals surface area contributed by atoms with E-state index in [1.54, 1.807) is 18.3 Å². The van der Waals surface area contributed by atoms with Crippen molar-refractivity contribution in [1.82, 2.24) is 15.0 Å². The van der Waals surface area contributed by atoms with E-state index < -0.39 is 11.7 Å². The second-order valence-electron chi connectivity index (χ2n) is 7.12. The Morgan fingerprint density at radius 2 is 1.79 bits per heavy atom. The van der Waals surface area contributed by atoms with Crippen LogP contribution in [-0.4, -0.2) is 15.0 Å². The number of alkyl halides is 3. The topological polar surface area (TPSA) is 53.6 Å². The van der Waals surface area contributed by atoms with Gasteiger partial charge < -0.3 is 10.3 Å². The average Bonchev–Trinajstić information content (AvgIpc) is 3.13. The lowest BCUT2D eigenvalue weighted by Gasteiger charge is -2.10. The van der Waals surface area contributed by atoms with Gasteiger partial charge in [0.15, 0.2) is 5.82 Å². The van der Waals surface area contributed by atoms with Crippen LogP contribution in [0.2, 0.25) is 0 Å². The van der Waals surface area contributed by atoms with E-state index in [4.69, 9.17) is 0 Å². The van der Waals surface area contributed by atoms with Gasteiger partial charge >= 0.3 is 6.18 Å². The van der Waals surface area contributed by atoms with Gasteiger partial charge in [0.25, 0.3) is 0 Å². The lowest BCUT2D eigenvalue weighted by molar-refractivity contribution is -0.137. The minimum Gasteiger partial charge on any atom is -0.338 e. The van der Waals surface area contributed by atoms with E-state index in [9.17, 15) is 13.2 Å². The molecular formula is C22H19F3N4. The van der Waals surface area contributed by atoms with Crippen molar-refractivity contribution in [3.05, 3.63) is 71.9 Å². The molecule has 0 saturated carbocycles. The summed E-state index contributed by atoms with van der Waals surface area (Å²) in [5.41, 5.74) is 3.03. The van der Waals surface area contributed by atoms with Crippen molar-refractivity contribution in [1.29, 1.82) is 0 Å². The van der Waals surface area contributed by atoms with Crippen molar-refractivity contribution >= 4 is 22.5 Å². The number of halogens is 3. The number of aromatic amines is 1. The first-order valence-electron chi connectivity index (χ1n) is 9.20. The Kier molecular flexibility index (Phi) is 4.74. The highest BCUT2D eigenvalue weighted by atomic mass is 19.4. The molecule has 0 fully saturated rings. The first kappa shape index (κ1) is 19.0. The average molecular weight is 396 g/mol. The fraction of sp³-hybridized carbons (Fsp3) is 0.182. The minimum absolute atomic E-state index is 0.297. The van der Waals surface area contributed by atoms with Crippen LogP contribution in [0, 0.1) is 0 Å². The van der Waals surface area contributed by atoms with Crippen LogP contribution in [0.5, 0.6) is 0 Å². The number of imidazole rings is 1. The first-order valence-corrected chi connectivity index (χ1v) is 9.20. The molecule has 2 N–H and O–H groups in total. The maximum atomic E-state index is 13.0. The molecule has 0 aliphatic heterocycles. The van der Waals surface area contributed by atoms with Crippen LogP contribution in [0.25, 0.3) is 22.4 Å². The summed E-state index contributed by atoms with van der Waals surface area (Å²) < 4.78 is 38.9. The van der Waals surface area contributed by atoms with Crippen molar-refractivity contribution in [3.63, 3.8) is 0 Å². The molecule has 0 spiro atoms. The molecule has 0 atom stereocenters. The molecule has 2 aromatic heterocycles. The maximum absolute atomic E-state index is 13.0. The van der Waals surface area contributed by atoms with Crippen molar-refractivity contribution in [3.8, 4) is 11.4 Å². The smallest absolute Gasteiger partial charge is 0.338 e. The van der Waals surface area contributed by atoms with Crippen LogP contribution in [0.1, 0.15) is 30.9 Å². The van der Waals surface area contributed by atoms with Crippen molar-refractivity contribution in [2.45, 2.75) is 25.9 Å². The largest absolute Gasteiger partial charge is 0.416 e. The Bertz CT molecular complexity index is 1160. The van der Waals surface area contributed by atoms with Gasteiger partial charge in [-0.15, -0.1) is 0 Å². The Balaban J connectivity index is 1.71. The minimum atomic E-state index is -4.40. The molecule has 0 radical (unpaired) electrons. The Labute approximate surface area is 165 Å². The van der Waals surface area contributed by atoms with Crippen LogP contribution in [-0.2, 0) is 6.18 Å². The van der Waals surface area contributed by atoms with E-state index in [1.165, 1.54) is 11.6 Å². The molecule has 4 aromatic rings. The highest BCUT2D eigenvalue weighted by molar-refractivity contribution is 5.90. The predicted molar refractivity (Wildman–Crippen MR) is 108 cm³/mol. The van der Waals surface area contributed by atoms with Gasteiger partial charge in [0.2, 0.25) is 0 Å². The van der Waals surface area contributed by atoms with E-state index in [1.807, 2.05) is 12.1 Å². The zero-order valence-corrected chi connectivity index (χ0v) is 15.9. The summed E-state index contributed by atoms with van der Waals surface area (Å²) in [6.45, 7) is 4.25. The number of hydrogen-bond acceptors (Lipinski definition) is 3. The number of fused-ring (bicyclic) bond motifs is 1. The number of aromatic nitrogens is 3. The summed E-state index contributed by atoms with van der Waals surface area (Å²) >= 11 is 0. The van der Waals surface area contributed by atoms with Crippen LogP contribution in [0.4, 0.5) is 24.7 Å². The van der Waals surface area contributed by atoms with Gasteiger partial charge in [-0.25, -0.2) is 9.97 Å². The van der Waals surface area contributed by atoms with Gasteiger partial charge in [-0.1, -0.05) is 38.1 Å². The maximum Gasteiger partial charge on any atom is 0.416 e. The molecular weight excluding hydrogens is 377 g/mol. The molecule has 7 heteroatoms. The van der Waals surface area contributed by atoms with E-state index in [-0.39, 0.29) is 0 Å². The molecule has 29 heavy (non-hydrogen) atoms. The van der Waals surface area contributed by atoms with E-state index in [2.05, 4.69) is 46.2 Å². The Hall–Kier alpha value is -3.35. The molecule has 0 bridgehead atoms. The monoisotopic (exact) mass is 396 g/mol. The Morgan fingerprint density at radius 3 is 2.55 bits per heavy atom. The Morgan fingerprint density at radius 1 is 1.00 bits per heavy atom.